The number of alkyl halides is 3. The fourth-order valence-corrected chi connectivity index (χ4v) is 3.56. The molecular weight excluding hydrogens is 417 g/mol. The normalized spacial score (nSPS) is 15.6. The number of halogens is 3. The van der Waals surface area contributed by atoms with Crippen LogP contribution in [0.5, 0.6) is 6.01 Å². The quantitative estimate of drug-likeness (QED) is 0.638. The molecule has 0 saturated heterocycles. The van der Waals surface area contributed by atoms with Gasteiger partial charge in [0.15, 0.2) is 5.69 Å². The molecule has 2 aromatic heterocycles. The van der Waals surface area contributed by atoms with E-state index in [2.05, 4.69) is 15.0 Å². The van der Waals surface area contributed by atoms with Gasteiger partial charge in [0.05, 0.1) is 11.7 Å². The Morgan fingerprint density at radius 2 is 2.03 bits per heavy atom. The summed E-state index contributed by atoms with van der Waals surface area (Å²) in [6.07, 6.45) is -2.48. The monoisotopic (exact) mass is 432 g/mol. The van der Waals surface area contributed by atoms with Crippen LogP contribution < -0.4 is 15.2 Å². The van der Waals surface area contributed by atoms with Crippen LogP contribution in [-0.4, -0.2) is 32.6 Å². The molecule has 0 saturated carbocycles. The lowest BCUT2D eigenvalue weighted by Crippen LogP contribution is -2.32. The number of carboxylic acids is 1. The molecule has 1 unspecified atom stereocenters. The van der Waals surface area contributed by atoms with Crippen LogP contribution in [-0.2, 0) is 12.7 Å². The third-order valence-electron chi connectivity index (χ3n) is 4.89. The topological polar surface area (TPSA) is 108 Å². The van der Waals surface area contributed by atoms with Gasteiger partial charge in [-0.2, -0.15) is 18.2 Å². The summed E-state index contributed by atoms with van der Waals surface area (Å²) in [4.78, 5) is 34.2. The van der Waals surface area contributed by atoms with Gasteiger partial charge in [-0.05, 0) is 23.3 Å². The molecule has 8 nitrogen and oxygen atoms in total. The van der Waals surface area contributed by atoms with Crippen LogP contribution in [0.1, 0.15) is 33.2 Å². The maximum absolute atomic E-state index is 13.6. The minimum Gasteiger partial charge on any atom is -0.477 e. The van der Waals surface area contributed by atoms with Crippen molar-refractivity contribution in [2.24, 2.45) is 0 Å². The second-order valence-electron chi connectivity index (χ2n) is 6.75. The van der Waals surface area contributed by atoms with Gasteiger partial charge >= 0.3 is 18.2 Å². The number of H-pyrrole nitrogens is 1. The van der Waals surface area contributed by atoms with Crippen molar-refractivity contribution in [1.29, 1.82) is 0 Å². The van der Waals surface area contributed by atoms with Crippen molar-refractivity contribution in [2.75, 3.05) is 11.5 Å². The summed E-state index contributed by atoms with van der Waals surface area (Å²) in [6, 6.07) is 8.55. The van der Waals surface area contributed by atoms with Crippen LogP contribution >= 0.6 is 0 Å². The Morgan fingerprint density at radius 1 is 1.26 bits per heavy atom. The molecule has 4 rings (SSSR count). The molecule has 11 heteroatoms. The van der Waals surface area contributed by atoms with Crippen molar-refractivity contribution in [3.05, 3.63) is 81.5 Å². The molecule has 31 heavy (non-hydrogen) atoms. The maximum Gasteiger partial charge on any atom is 0.423 e. The highest BCUT2D eigenvalue weighted by atomic mass is 19.4. The second-order valence-corrected chi connectivity index (χ2v) is 6.75. The summed E-state index contributed by atoms with van der Waals surface area (Å²) in [5.74, 6) is -1.27. The molecule has 0 spiro atoms. The number of nitrogens with one attached hydrogen (secondary N) is 1. The van der Waals surface area contributed by atoms with Crippen LogP contribution in [0.15, 0.2) is 53.6 Å². The fraction of sp³-hybridized carbons (Fsp3) is 0.200. The van der Waals surface area contributed by atoms with Crippen molar-refractivity contribution in [3.8, 4) is 6.01 Å². The molecule has 2 N–H and O–H groups in total. The Hall–Kier alpha value is -3.89. The first-order valence-electron chi connectivity index (χ1n) is 9.08. The smallest absolute Gasteiger partial charge is 0.423 e. The van der Waals surface area contributed by atoms with Crippen LogP contribution in [0.4, 0.5) is 18.9 Å². The predicted molar refractivity (Wildman–Crippen MR) is 102 cm³/mol. The number of anilines is 1. The molecule has 0 radical (unpaired) electrons. The minimum atomic E-state index is -4.86. The number of hydrogen-bond donors (Lipinski definition) is 2. The van der Waals surface area contributed by atoms with Crippen molar-refractivity contribution in [2.45, 2.75) is 18.8 Å². The first-order valence-corrected chi connectivity index (χ1v) is 9.08. The number of carboxylic acid groups (broad SMARTS) is 1. The number of aromatic nitrogens is 3. The van der Waals surface area contributed by atoms with E-state index in [4.69, 9.17) is 9.84 Å². The molecule has 0 fully saturated rings. The number of hydrogen-bond acceptors (Lipinski definition) is 6. The average molecular weight is 432 g/mol. The van der Waals surface area contributed by atoms with E-state index in [9.17, 15) is 22.8 Å². The Kier molecular flexibility index (Phi) is 5.09. The van der Waals surface area contributed by atoms with Gasteiger partial charge in [-0.25, -0.2) is 9.78 Å². The van der Waals surface area contributed by atoms with E-state index >= 15 is 0 Å². The van der Waals surface area contributed by atoms with Crippen LogP contribution in [0, 0.1) is 0 Å². The molecule has 1 aromatic carbocycles. The average Bonchev–Trinajstić information content (AvgIpc) is 3.10. The molecular formula is C20H15F3N4O4. The van der Waals surface area contributed by atoms with E-state index in [1.165, 1.54) is 23.2 Å². The van der Waals surface area contributed by atoms with Gasteiger partial charge in [0, 0.05) is 18.9 Å². The lowest BCUT2D eigenvalue weighted by molar-refractivity contribution is -0.138. The van der Waals surface area contributed by atoms with Gasteiger partial charge < -0.3 is 19.7 Å². The first-order chi connectivity index (χ1) is 14.8. The summed E-state index contributed by atoms with van der Waals surface area (Å²) >= 11 is 0. The molecule has 0 amide bonds. The number of fused-ring (bicyclic) bond motifs is 1. The molecule has 1 atom stereocenters. The van der Waals surface area contributed by atoms with Crippen LogP contribution in [0.2, 0.25) is 0 Å². The molecule has 1 aliphatic rings. The third kappa shape index (κ3) is 3.93. The van der Waals surface area contributed by atoms with E-state index < -0.39 is 29.3 Å². The molecule has 0 bridgehead atoms. The first kappa shape index (κ1) is 20.4. The van der Waals surface area contributed by atoms with Gasteiger partial charge in [0.1, 0.15) is 12.2 Å². The van der Waals surface area contributed by atoms with Gasteiger partial charge in [0.2, 0.25) is 0 Å². The molecule has 1 aliphatic heterocycles. The summed E-state index contributed by atoms with van der Waals surface area (Å²) in [5, 5.41) is 9.05. The highest BCUT2D eigenvalue weighted by molar-refractivity contribution is 5.85. The van der Waals surface area contributed by atoms with Crippen LogP contribution in [0.3, 0.4) is 0 Å². The summed E-state index contributed by atoms with van der Waals surface area (Å²) in [7, 11) is 0. The molecule has 0 aliphatic carbocycles. The minimum absolute atomic E-state index is 0.132. The number of benzene rings is 1. The summed E-state index contributed by atoms with van der Waals surface area (Å²) < 4.78 is 46.5. The maximum atomic E-state index is 13.6. The van der Waals surface area contributed by atoms with Gasteiger partial charge in [-0.15, -0.1) is 0 Å². The number of carbonyl (C=O) groups is 1. The Morgan fingerprint density at radius 3 is 2.77 bits per heavy atom. The van der Waals surface area contributed by atoms with E-state index in [0.29, 0.717) is 0 Å². The zero-order valence-electron chi connectivity index (χ0n) is 15.8. The highest BCUT2D eigenvalue weighted by Crippen LogP contribution is 2.42. The lowest BCUT2D eigenvalue weighted by Gasteiger charge is -2.29. The van der Waals surface area contributed by atoms with Crippen molar-refractivity contribution in [1.82, 2.24) is 15.0 Å². The van der Waals surface area contributed by atoms with Crippen molar-refractivity contribution >= 4 is 11.7 Å². The van der Waals surface area contributed by atoms with E-state index in [-0.39, 0.29) is 30.5 Å². The largest absolute Gasteiger partial charge is 0.477 e. The highest BCUT2D eigenvalue weighted by Gasteiger charge is 2.41. The summed E-state index contributed by atoms with van der Waals surface area (Å²) in [5.41, 5.74) is -1.58. The zero-order valence-corrected chi connectivity index (χ0v) is 15.8. The van der Waals surface area contributed by atoms with Crippen LogP contribution in [0.25, 0.3) is 0 Å². The zero-order chi connectivity index (χ0) is 22.2. The van der Waals surface area contributed by atoms with Gasteiger partial charge in [-0.1, -0.05) is 24.3 Å². The number of nitrogens with zero attached hydrogens (tertiary/aromatic N) is 3. The standard InChI is InChI=1S/C20H15F3N4O4/c21-20(22,23)16-14(6-8-24-17(16)28)27-9-11-3-1-2-4-12(11)15(27)10-31-19-25-7-5-13(26-19)18(29)30/h1-8,15H,9-10H2,(H,24,28)(H,29,30). The number of pyridine rings is 1. The van der Waals surface area contributed by atoms with E-state index in [1.807, 2.05) is 0 Å². The lowest BCUT2D eigenvalue weighted by atomic mass is 10.1. The molecule has 160 valence electrons. The SMILES string of the molecule is O=C(O)c1ccnc(OCC2c3ccccc3CN2c2cc[nH]c(=O)c2C(F)(F)F)n1. The number of rotatable bonds is 5. The number of aromatic amines is 1. The Balaban J connectivity index is 1.71. The Bertz CT molecular complexity index is 1200. The van der Waals surface area contributed by atoms with Crippen molar-refractivity contribution in [3.63, 3.8) is 0 Å². The summed E-state index contributed by atoms with van der Waals surface area (Å²) in [6.45, 7) is -0.0308. The Labute approximate surface area is 173 Å². The van der Waals surface area contributed by atoms with E-state index in [0.717, 1.165) is 17.3 Å². The molecule has 3 aromatic rings. The third-order valence-corrected chi connectivity index (χ3v) is 4.89. The van der Waals surface area contributed by atoms with Crippen molar-refractivity contribution < 1.29 is 27.8 Å². The number of ether oxygens (including phenoxy) is 1. The van der Waals surface area contributed by atoms with Gasteiger partial charge in [-0.3, -0.25) is 4.79 Å². The van der Waals surface area contributed by atoms with E-state index in [1.54, 1.807) is 24.3 Å². The molecule has 3 heterocycles. The number of aromatic carboxylic acids is 1. The fourth-order valence-electron chi connectivity index (χ4n) is 3.56. The van der Waals surface area contributed by atoms with Gasteiger partial charge in [0.25, 0.3) is 5.56 Å². The predicted octanol–water partition coefficient (Wildman–Crippen LogP) is 3.02. The second kappa shape index (κ2) is 7.74.